The number of rotatable bonds is 8. The van der Waals surface area contributed by atoms with Crippen molar-refractivity contribution in [2.24, 2.45) is 0 Å². The number of thioether (sulfide) groups is 1. The highest BCUT2D eigenvalue weighted by atomic mass is 35.5. The molecule has 1 aliphatic rings. The summed E-state index contributed by atoms with van der Waals surface area (Å²) in [7, 11) is 0. The third-order valence-corrected chi connectivity index (χ3v) is 7.84. The van der Waals surface area contributed by atoms with Crippen LogP contribution >= 0.6 is 46.6 Å². The summed E-state index contributed by atoms with van der Waals surface area (Å²) in [6, 6.07) is 23.3. The van der Waals surface area contributed by atoms with Crippen molar-refractivity contribution in [2.75, 3.05) is 11.1 Å². The van der Waals surface area contributed by atoms with Gasteiger partial charge in [0.25, 0.3) is 0 Å². The molecule has 1 amide bonds. The fourth-order valence-electron chi connectivity index (χ4n) is 4.00. The number of anilines is 1. The van der Waals surface area contributed by atoms with E-state index in [0.717, 1.165) is 17.3 Å². The molecule has 198 valence electrons. The van der Waals surface area contributed by atoms with Crippen LogP contribution in [0.4, 0.5) is 5.69 Å². The van der Waals surface area contributed by atoms with Gasteiger partial charge < -0.3 is 15.4 Å². The van der Waals surface area contributed by atoms with E-state index in [0.29, 0.717) is 48.2 Å². The Bertz CT molecular complexity index is 1500. The Morgan fingerprint density at radius 2 is 1.74 bits per heavy atom. The molecule has 2 N–H and O–H groups in total. The Labute approximate surface area is 245 Å². The van der Waals surface area contributed by atoms with E-state index in [1.54, 1.807) is 49.4 Å². The second kappa shape index (κ2) is 13.1. The van der Waals surface area contributed by atoms with E-state index in [2.05, 4.69) is 16.7 Å². The predicted octanol–water partition coefficient (Wildman–Crippen LogP) is 7.46. The number of esters is 1. The normalized spacial score (nSPS) is 14.9. The van der Waals surface area contributed by atoms with Crippen LogP contribution in [0.25, 0.3) is 0 Å². The maximum Gasteiger partial charge on any atom is 0.337 e. The van der Waals surface area contributed by atoms with Crippen molar-refractivity contribution in [1.82, 2.24) is 5.32 Å². The van der Waals surface area contributed by atoms with E-state index in [1.165, 1.54) is 0 Å². The third-order valence-electron chi connectivity index (χ3n) is 5.83. The number of nitriles is 1. The van der Waals surface area contributed by atoms with E-state index in [4.69, 9.17) is 39.5 Å². The number of ether oxygens (including phenoxy) is 1. The van der Waals surface area contributed by atoms with Gasteiger partial charge in [0.1, 0.15) is 6.61 Å². The highest BCUT2D eigenvalue weighted by Crippen LogP contribution is 2.41. The monoisotopic (exact) mass is 597 g/mol. The molecule has 0 aliphatic carbocycles. The molecule has 0 fully saturated rings. The van der Waals surface area contributed by atoms with Crippen LogP contribution in [0.3, 0.4) is 0 Å². The summed E-state index contributed by atoms with van der Waals surface area (Å²) >= 11 is 19.2. The fourth-order valence-corrected chi connectivity index (χ4v) is 5.31. The van der Waals surface area contributed by atoms with Crippen molar-refractivity contribution in [3.05, 3.63) is 121 Å². The molecule has 0 radical (unpaired) electrons. The van der Waals surface area contributed by atoms with Crippen LogP contribution < -0.4 is 10.6 Å². The third kappa shape index (κ3) is 7.17. The second-order valence-corrected chi connectivity index (χ2v) is 10.8. The molecule has 1 heterocycles. The molecule has 6 nitrogen and oxygen atoms in total. The van der Waals surface area contributed by atoms with E-state index in [-0.39, 0.29) is 18.3 Å². The number of carbonyl (C=O) groups excluding carboxylic acids is 2. The highest BCUT2D eigenvalue weighted by Gasteiger charge is 2.35. The highest BCUT2D eigenvalue weighted by molar-refractivity contribution is 8.03. The second-order valence-electron chi connectivity index (χ2n) is 8.53. The van der Waals surface area contributed by atoms with Crippen molar-refractivity contribution in [2.45, 2.75) is 19.4 Å². The first-order valence-electron chi connectivity index (χ1n) is 11.7. The molecule has 0 unspecified atom stereocenters. The Hall–Kier alpha value is -3.41. The molecular formula is C29H22Cl3N3O3S. The predicted molar refractivity (Wildman–Crippen MR) is 156 cm³/mol. The van der Waals surface area contributed by atoms with Crippen molar-refractivity contribution < 1.29 is 14.3 Å². The minimum atomic E-state index is -0.711. The van der Waals surface area contributed by atoms with Gasteiger partial charge in [-0.1, -0.05) is 89.0 Å². The fraction of sp³-hybridized carbons (Fsp3) is 0.138. The number of benzene rings is 3. The lowest BCUT2D eigenvalue weighted by Crippen LogP contribution is -2.29. The van der Waals surface area contributed by atoms with Gasteiger partial charge in [-0.15, -0.1) is 0 Å². The average Bonchev–Trinajstić information content (AvgIpc) is 2.93. The van der Waals surface area contributed by atoms with E-state index in [1.807, 2.05) is 30.3 Å². The first-order valence-corrected chi connectivity index (χ1v) is 13.8. The number of dihydropyridines is 1. The van der Waals surface area contributed by atoms with Gasteiger partial charge in [-0.25, -0.2) is 4.79 Å². The summed E-state index contributed by atoms with van der Waals surface area (Å²) in [5.41, 5.74) is 3.17. The molecule has 3 aromatic rings. The van der Waals surface area contributed by atoms with Gasteiger partial charge in [0, 0.05) is 16.4 Å². The van der Waals surface area contributed by atoms with Crippen LogP contribution in [-0.4, -0.2) is 17.6 Å². The number of nitrogens with zero attached hydrogens (tertiary/aromatic N) is 1. The number of carbonyl (C=O) groups is 2. The van der Waals surface area contributed by atoms with Crippen molar-refractivity contribution in [3.8, 4) is 6.07 Å². The quantitative estimate of drug-likeness (QED) is 0.262. The minimum absolute atomic E-state index is 0.00215. The van der Waals surface area contributed by atoms with E-state index < -0.39 is 11.9 Å². The average molecular weight is 599 g/mol. The number of hydrogen-bond acceptors (Lipinski definition) is 6. The maximum atomic E-state index is 13.4. The lowest BCUT2D eigenvalue weighted by molar-refractivity contribution is -0.140. The first kappa shape index (κ1) is 28.6. The van der Waals surface area contributed by atoms with Gasteiger partial charge in [-0.05, 0) is 48.4 Å². The Balaban J connectivity index is 1.58. The smallest absolute Gasteiger partial charge is 0.337 e. The van der Waals surface area contributed by atoms with Gasteiger partial charge in [0.05, 0.1) is 44.0 Å². The van der Waals surface area contributed by atoms with Crippen molar-refractivity contribution >= 4 is 64.1 Å². The molecule has 0 saturated carbocycles. The van der Waals surface area contributed by atoms with Gasteiger partial charge >= 0.3 is 5.97 Å². The van der Waals surface area contributed by atoms with Crippen molar-refractivity contribution in [3.63, 3.8) is 0 Å². The van der Waals surface area contributed by atoms with E-state index >= 15 is 0 Å². The molecule has 1 aliphatic heterocycles. The number of halogens is 3. The van der Waals surface area contributed by atoms with Gasteiger partial charge in [0.2, 0.25) is 5.91 Å². The zero-order chi connectivity index (χ0) is 27.9. The van der Waals surface area contributed by atoms with Gasteiger partial charge in [-0.3, -0.25) is 4.79 Å². The van der Waals surface area contributed by atoms with Crippen LogP contribution in [0.15, 0.2) is 94.7 Å². The van der Waals surface area contributed by atoms with E-state index in [9.17, 15) is 14.9 Å². The van der Waals surface area contributed by atoms with Crippen LogP contribution in [0.1, 0.15) is 24.0 Å². The van der Waals surface area contributed by atoms with Gasteiger partial charge in [-0.2, -0.15) is 5.26 Å². The molecule has 10 heteroatoms. The molecule has 0 saturated heterocycles. The Kier molecular flexibility index (Phi) is 9.60. The lowest BCUT2D eigenvalue weighted by atomic mass is 9.82. The Morgan fingerprint density at radius 1 is 1.03 bits per heavy atom. The molecule has 0 aromatic heterocycles. The molecule has 1 atom stereocenters. The summed E-state index contributed by atoms with van der Waals surface area (Å²) in [6.07, 6.45) is 0. The standard InChI is InChI=1S/C29H22Cl3N3O3S/c1-17-26(29(37)38-15-18-5-3-2-4-6-18)27(19-7-9-20(30)10-8-19)22(14-33)28(34-17)39-16-25(36)35-21-11-12-23(31)24(32)13-21/h2-13,27,34H,15-16H2,1H3,(H,35,36)/t27-/m0/s1. The van der Waals surface area contributed by atoms with Crippen LogP contribution in [0.2, 0.25) is 15.1 Å². The topological polar surface area (TPSA) is 91.2 Å². The molecule has 39 heavy (non-hydrogen) atoms. The molecule has 3 aromatic carbocycles. The summed E-state index contributed by atoms with van der Waals surface area (Å²) in [6.45, 7) is 1.83. The maximum absolute atomic E-state index is 13.4. The number of nitrogens with one attached hydrogen (secondary N) is 2. The number of allylic oxidation sites excluding steroid dienone is 2. The Morgan fingerprint density at radius 3 is 2.41 bits per heavy atom. The summed E-state index contributed by atoms with van der Waals surface area (Å²) < 4.78 is 5.64. The molecular weight excluding hydrogens is 577 g/mol. The SMILES string of the molecule is CC1=C(C(=O)OCc2ccccc2)[C@@H](c2ccc(Cl)cc2)C(C#N)=C(SCC(=O)Nc2ccc(Cl)c(Cl)c2)N1. The number of hydrogen-bond donors (Lipinski definition) is 2. The number of amides is 1. The zero-order valence-corrected chi connectivity index (χ0v) is 23.7. The summed E-state index contributed by atoms with van der Waals surface area (Å²) in [5.74, 6) is -1.56. The van der Waals surface area contributed by atoms with Crippen molar-refractivity contribution in [1.29, 1.82) is 5.26 Å². The zero-order valence-electron chi connectivity index (χ0n) is 20.6. The van der Waals surface area contributed by atoms with Gasteiger partial charge in [0.15, 0.2) is 0 Å². The van der Waals surface area contributed by atoms with Crippen LogP contribution in [0.5, 0.6) is 0 Å². The largest absolute Gasteiger partial charge is 0.457 e. The minimum Gasteiger partial charge on any atom is -0.457 e. The van der Waals surface area contributed by atoms with Crippen LogP contribution in [0, 0.1) is 11.3 Å². The lowest BCUT2D eigenvalue weighted by Gasteiger charge is -2.29. The molecule has 0 bridgehead atoms. The summed E-state index contributed by atoms with van der Waals surface area (Å²) in [5, 5.41) is 17.8. The molecule has 0 spiro atoms. The first-order chi connectivity index (χ1) is 18.8. The molecule has 4 rings (SSSR count). The summed E-state index contributed by atoms with van der Waals surface area (Å²) in [4.78, 5) is 26.0. The van der Waals surface area contributed by atoms with Crippen LogP contribution in [-0.2, 0) is 20.9 Å².